The van der Waals surface area contributed by atoms with Crippen LogP contribution in [0.4, 0.5) is 18.0 Å². The fraction of sp³-hybridized carbons (Fsp3) is 0.611. The Balaban J connectivity index is 2.01. The molecule has 1 aliphatic heterocycles. The summed E-state index contributed by atoms with van der Waals surface area (Å²) >= 11 is 0. The van der Waals surface area contributed by atoms with Gasteiger partial charge < -0.3 is 9.64 Å². The van der Waals surface area contributed by atoms with E-state index in [0.717, 1.165) is 24.5 Å². The Bertz CT molecular complexity index is 597. The number of amides is 1. The fourth-order valence-corrected chi connectivity index (χ4v) is 3.01. The van der Waals surface area contributed by atoms with Gasteiger partial charge in [0.1, 0.15) is 5.60 Å². The molecular formula is C18H24F3NO2. The second-order valence-electron chi connectivity index (χ2n) is 7.31. The molecule has 24 heavy (non-hydrogen) atoms. The molecule has 3 nitrogen and oxygen atoms in total. The van der Waals surface area contributed by atoms with Crippen molar-refractivity contribution in [2.45, 2.75) is 58.2 Å². The number of alkyl halides is 3. The lowest BCUT2D eigenvalue weighted by Gasteiger charge is -2.34. The first-order valence-electron chi connectivity index (χ1n) is 8.13. The Labute approximate surface area is 140 Å². The van der Waals surface area contributed by atoms with E-state index >= 15 is 0 Å². The van der Waals surface area contributed by atoms with E-state index in [1.807, 2.05) is 20.8 Å². The predicted octanol–water partition coefficient (Wildman–Crippen LogP) is 5.13. The molecular weight excluding hydrogens is 319 g/mol. The van der Waals surface area contributed by atoms with E-state index in [-0.39, 0.29) is 12.0 Å². The van der Waals surface area contributed by atoms with Gasteiger partial charge in [-0.25, -0.2) is 4.79 Å². The van der Waals surface area contributed by atoms with Gasteiger partial charge in [-0.2, -0.15) is 13.2 Å². The van der Waals surface area contributed by atoms with Crippen LogP contribution in [0.15, 0.2) is 18.2 Å². The Morgan fingerprint density at radius 1 is 1.17 bits per heavy atom. The quantitative estimate of drug-likeness (QED) is 0.707. The highest BCUT2D eigenvalue weighted by molar-refractivity contribution is 5.68. The predicted molar refractivity (Wildman–Crippen MR) is 86.0 cm³/mol. The minimum atomic E-state index is -4.32. The zero-order valence-electron chi connectivity index (χ0n) is 14.5. The normalized spacial score (nSPS) is 17.0. The number of likely N-dealkylation sites (tertiary alicyclic amines) is 1. The number of carbonyl (C=O) groups is 1. The van der Waals surface area contributed by atoms with Crippen LogP contribution < -0.4 is 0 Å². The topological polar surface area (TPSA) is 29.5 Å². The summed E-state index contributed by atoms with van der Waals surface area (Å²) in [7, 11) is 0. The van der Waals surface area contributed by atoms with Gasteiger partial charge in [0.05, 0.1) is 5.56 Å². The molecule has 0 spiro atoms. The molecule has 1 amide bonds. The van der Waals surface area contributed by atoms with Crippen molar-refractivity contribution < 1.29 is 22.7 Å². The van der Waals surface area contributed by atoms with E-state index in [1.165, 1.54) is 6.07 Å². The number of benzene rings is 1. The molecule has 0 saturated carbocycles. The van der Waals surface area contributed by atoms with Gasteiger partial charge in [0.2, 0.25) is 0 Å². The largest absolute Gasteiger partial charge is 0.444 e. The van der Waals surface area contributed by atoms with Gasteiger partial charge in [-0.3, -0.25) is 0 Å². The second kappa shape index (κ2) is 6.65. The van der Waals surface area contributed by atoms with Crippen LogP contribution >= 0.6 is 0 Å². The van der Waals surface area contributed by atoms with Crippen molar-refractivity contribution in [2.75, 3.05) is 13.1 Å². The standard InChI is InChI=1S/C18H24F3NO2/c1-12-11-14(18(19,20)21)5-6-15(12)13-7-9-22(10-8-13)16(23)24-17(2,3)4/h5-6,11,13H,7-10H2,1-4H3. The van der Waals surface area contributed by atoms with Gasteiger partial charge in [0, 0.05) is 13.1 Å². The molecule has 1 fully saturated rings. The molecule has 1 aromatic rings. The third kappa shape index (κ3) is 4.65. The Morgan fingerprint density at radius 3 is 2.21 bits per heavy atom. The number of hydrogen-bond donors (Lipinski definition) is 0. The Kier molecular flexibility index (Phi) is 5.16. The summed E-state index contributed by atoms with van der Waals surface area (Å²) in [5.41, 5.74) is 0.445. The highest BCUT2D eigenvalue weighted by Crippen LogP contribution is 2.35. The van der Waals surface area contributed by atoms with Gasteiger partial charge in [-0.05, 0) is 69.7 Å². The van der Waals surface area contributed by atoms with E-state index in [9.17, 15) is 18.0 Å². The Hall–Kier alpha value is -1.72. The SMILES string of the molecule is Cc1cc(C(F)(F)F)ccc1C1CCN(C(=O)OC(C)(C)C)CC1. The van der Waals surface area contributed by atoms with Gasteiger partial charge in [-0.1, -0.05) is 6.07 Å². The van der Waals surface area contributed by atoms with Crippen LogP contribution in [0.3, 0.4) is 0 Å². The average molecular weight is 343 g/mol. The van der Waals surface area contributed by atoms with Gasteiger partial charge >= 0.3 is 12.3 Å². The third-order valence-electron chi connectivity index (χ3n) is 4.18. The maximum absolute atomic E-state index is 12.8. The van der Waals surface area contributed by atoms with Gasteiger partial charge in [0.15, 0.2) is 0 Å². The summed E-state index contributed by atoms with van der Waals surface area (Å²) in [6.07, 6.45) is -3.19. The van der Waals surface area contributed by atoms with Gasteiger partial charge in [-0.15, -0.1) is 0 Å². The van der Waals surface area contributed by atoms with Crippen LogP contribution in [-0.2, 0) is 10.9 Å². The molecule has 0 bridgehead atoms. The van der Waals surface area contributed by atoms with E-state index in [2.05, 4.69) is 0 Å². The van der Waals surface area contributed by atoms with Crippen LogP contribution in [0.1, 0.15) is 56.2 Å². The number of aryl methyl sites for hydroxylation is 1. The van der Waals surface area contributed by atoms with Crippen molar-refractivity contribution in [3.05, 3.63) is 34.9 Å². The van der Waals surface area contributed by atoms with Crippen molar-refractivity contribution in [1.82, 2.24) is 4.90 Å². The number of rotatable bonds is 1. The van der Waals surface area contributed by atoms with Crippen LogP contribution in [-0.4, -0.2) is 29.7 Å². The van der Waals surface area contributed by atoms with Crippen molar-refractivity contribution in [3.63, 3.8) is 0 Å². The summed E-state index contributed by atoms with van der Waals surface area (Å²) in [6.45, 7) is 8.29. The molecule has 0 radical (unpaired) electrons. The number of ether oxygens (including phenoxy) is 1. The number of nitrogens with zero attached hydrogens (tertiary/aromatic N) is 1. The zero-order valence-corrected chi connectivity index (χ0v) is 14.5. The van der Waals surface area contributed by atoms with Crippen molar-refractivity contribution >= 4 is 6.09 Å². The molecule has 134 valence electrons. The van der Waals surface area contributed by atoms with Crippen molar-refractivity contribution in [3.8, 4) is 0 Å². The average Bonchev–Trinajstić information content (AvgIpc) is 2.44. The Morgan fingerprint density at radius 2 is 1.75 bits per heavy atom. The van der Waals surface area contributed by atoms with Crippen LogP contribution in [0, 0.1) is 6.92 Å². The maximum Gasteiger partial charge on any atom is 0.416 e. The molecule has 1 aliphatic rings. The molecule has 1 aromatic carbocycles. The molecule has 0 unspecified atom stereocenters. The van der Waals surface area contributed by atoms with E-state index in [0.29, 0.717) is 18.7 Å². The molecule has 0 aliphatic carbocycles. The first-order valence-corrected chi connectivity index (χ1v) is 8.13. The molecule has 1 heterocycles. The highest BCUT2D eigenvalue weighted by Gasteiger charge is 2.32. The minimum Gasteiger partial charge on any atom is -0.444 e. The van der Waals surface area contributed by atoms with Crippen molar-refractivity contribution in [1.29, 1.82) is 0 Å². The van der Waals surface area contributed by atoms with Crippen LogP contribution in [0.5, 0.6) is 0 Å². The summed E-state index contributed by atoms with van der Waals surface area (Å²) in [5.74, 6) is 0.172. The zero-order chi connectivity index (χ0) is 18.1. The third-order valence-corrected chi connectivity index (χ3v) is 4.18. The summed E-state index contributed by atoms with van der Waals surface area (Å²) in [6, 6.07) is 3.92. The summed E-state index contributed by atoms with van der Waals surface area (Å²) in [5, 5.41) is 0. The fourth-order valence-electron chi connectivity index (χ4n) is 3.01. The van der Waals surface area contributed by atoms with E-state index < -0.39 is 17.3 Å². The minimum absolute atomic E-state index is 0.172. The number of hydrogen-bond acceptors (Lipinski definition) is 2. The maximum atomic E-state index is 12.8. The number of piperidine rings is 1. The van der Waals surface area contributed by atoms with E-state index in [4.69, 9.17) is 4.74 Å². The van der Waals surface area contributed by atoms with Gasteiger partial charge in [0.25, 0.3) is 0 Å². The smallest absolute Gasteiger partial charge is 0.416 e. The van der Waals surface area contributed by atoms with Crippen LogP contribution in [0.2, 0.25) is 0 Å². The first-order chi connectivity index (χ1) is 11.0. The molecule has 2 rings (SSSR count). The lowest BCUT2D eigenvalue weighted by Crippen LogP contribution is -2.41. The molecule has 0 atom stereocenters. The number of halogens is 3. The molecule has 0 aromatic heterocycles. The highest BCUT2D eigenvalue weighted by atomic mass is 19.4. The molecule has 1 saturated heterocycles. The lowest BCUT2D eigenvalue weighted by molar-refractivity contribution is -0.137. The molecule has 6 heteroatoms. The second-order valence-corrected chi connectivity index (χ2v) is 7.31. The summed E-state index contributed by atoms with van der Waals surface area (Å²) in [4.78, 5) is 13.7. The van der Waals surface area contributed by atoms with E-state index in [1.54, 1.807) is 17.9 Å². The lowest BCUT2D eigenvalue weighted by atomic mass is 9.86. The first kappa shape index (κ1) is 18.6. The molecule has 0 N–H and O–H groups in total. The monoisotopic (exact) mass is 343 g/mol. The van der Waals surface area contributed by atoms with Crippen LogP contribution in [0.25, 0.3) is 0 Å². The summed E-state index contributed by atoms with van der Waals surface area (Å²) < 4.78 is 43.6. The van der Waals surface area contributed by atoms with Crippen molar-refractivity contribution in [2.24, 2.45) is 0 Å². The number of carbonyl (C=O) groups excluding carboxylic acids is 1.